The lowest BCUT2D eigenvalue weighted by Crippen LogP contribution is -1.93. The molecule has 3 heteroatoms. The summed E-state index contributed by atoms with van der Waals surface area (Å²) in [5.74, 6) is 1.62. The van der Waals surface area contributed by atoms with Gasteiger partial charge in [-0.1, -0.05) is 33.9 Å². The highest BCUT2D eigenvalue weighted by atomic mass is 32.2. The molecule has 1 aromatic heterocycles. The van der Waals surface area contributed by atoms with E-state index < -0.39 is 0 Å². The first kappa shape index (κ1) is 18.1. The predicted molar refractivity (Wildman–Crippen MR) is 99.2 cm³/mol. The molecule has 0 saturated heterocycles. The average Bonchev–Trinajstić information content (AvgIpc) is 2.80. The van der Waals surface area contributed by atoms with Gasteiger partial charge in [0.25, 0.3) is 0 Å². The van der Waals surface area contributed by atoms with Crippen molar-refractivity contribution in [3.63, 3.8) is 0 Å². The Morgan fingerprint density at radius 2 is 2.14 bits per heavy atom. The second kappa shape index (κ2) is 8.50. The lowest BCUT2D eigenvalue weighted by atomic mass is 10.0. The first-order chi connectivity index (χ1) is 9.94. The van der Waals surface area contributed by atoms with Crippen LogP contribution in [-0.4, -0.2) is 7.11 Å². The zero-order valence-corrected chi connectivity index (χ0v) is 15.4. The van der Waals surface area contributed by atoms with Crippen molar-refractivity contribution in [2.45, 2.75) is 40.5 Å². The largest absolute Gasteiger partial charge is 0.496 e. The van der Waals surface area contributed by atoms with Crippen LogP contribution in [-0.2, 0) is 6.42 Å². The van der Waals surface area contributed by atoms with Crippen molar-refractivity contribution in [1.29, 1.82) is 0 Å². The molecule has 1 rings (SSSR count). The maximum Gasteiger partial charge on any atom is 0.133 e. The highest BCUT2D eigenvalue weighted by Crippen LogP contribution is 2.41. The fraction of sp³-hybridized carbons (Fsp3) is 0.444. The number of thiophene rings is 1. The highest BCUT2D eigenvalue weighted by Gasteiger charge is 2.17. The smallest absolute Gasteiger partial charge is 0.133 e. The van der Waals surface area contributed by atoms with Crippen LogP contribution in [0.15, 0.2) is 35.1 Å². The number of ether oxygens (including phenoxy) is 1. The Morgan fingerprint density at radius 3 is 2.62 bits per heavy atom. The second-order valence-corrected chi connectivity index (χ2v) is 7.69. The molecule has 0 fully saturated rings. The number of hydrogen-bond acceptors (Lipinski definition) is 3. The number of thioether (sulfide) groups is 1. The lowest BCUT2D eigenvalue weighted by Gasteiger charge is -2.11. The first-order valence-electron chi connectivity index (χ1n) is 7.28. The SMILES string of the molecule is C=CS/C(C)=C(/C(=C)CC)c1cc(OC)c(CC(C)C)s1. The topological polar surface area (TPSA) is 9.23 Å². The summed E-state index contributed by atoms with van der Waals surface area (Å²) >= 11 is 3.49. The van der Waals surface area contributed by atoms with Crippen LogP contribution in [0, 0.1) is 5.92 Å². The van der Waals surface area contributed by atoms with Gasteiger partial charge < -0.3 is 4.74 Å². The van der Waals surface area contributed by atoms with Crippen molar-refractivity contribution in [3.05, 3.63) is 44.9 Å². The van der Waals surface area contributed by atoms with Gasteiger partial charge in [-0.3, -0.25) is 0 Å². The molecule has 0 atom stereocenters. The van der Waals surface area contributed by atoms with E-state index in [0.29, 0.717) is 5.92 Å². The van der Waals surface area contributed by atoms with Gasteiger partial charge in [0.05, 0.1) is 7.11 Å². The van der Waals surface area contributed by atoms with E-state index in [1.54, 1.807) is 18.9 Å². The molecule has 0 aromatic carbocycles. The van der Waals surface area contributed by atoms with Crippen molar-refractivity contribution >= 4 is 28.7 Å². The fourth-order valence-electron chi connectivity index (χ4n) is 2.18. The first-order valence-corrected chi connectivity index (χ1v) is 8.97. The number of hydrogen-bond donors (Lipinski definition) is 0. The molecule has 21 heavy (non-hydrogen) atoms. The molecule has 1 heterocycles. The Balaban J connectivity index is 3.32. The summed E-state index contributed by atoms with van der Waals surface area (Å²) in [7, 11) is 1.75. The molecule has 0 spiro atoms. The Labute approximate surface area is 137 Å². The van der Waals surface area contributed by atoms with E-state index in [-0.39, 0.29) is 0 Å². The summed E-state index contributed by atoms with van der Waals surface area (Å²) < 4.78 is 5.56. The van der Waals surface area contributed by atoms with Crippen molar-refractivity contribution in [2.75, 3.05) is 7.11 Å². The minimum atomic E-state index is 0.621. The van der Waals surface area contributed by atoms with Crippen LogP contribution < -0.4 is 4.74 Å². The normalized spacial score (nSPS) is 12.3. The molecule has 0 aliphatic carbocycles. The molecule has 0 N–H and O–H groups in total. The van der Waals surface area contributed by atoms with Crippen LogP contribution >= 0.6 is 23.1 Å². The van der Waals surface area contributed by atoms with Crippen LogP contribution in [0.2, 0.25) is 0 Å². The number of rotatable bonds is 8. The van der Waals surface area contributed by atoms with Gasteiger partial charge in [0.1, 0.15) is 5.75 Å². The molecule has 0 saturated carbocycles. The number of allylic oxidation sites excluding steroid dienone is 3. The molecule has 0 aliphatic rings. The molecule has 1 aromatic rings. The maximum atomic E-state index is 5.56. The molecule has 116 valence electrons. The van der Waals surface area contributed by atoms with Crippen LogP contribution in [0.25, 0.3) is 5.57 Å². The van der Waals surface area contributed by atoms with Crippen LogP contribution in [0.4, 0.5) is 0 Å². The van der Waals surface area contributed by atoms with Crippen LogP contribution in [0.5, 0.6) is 5.75 Å². The van der Waals surface area contributed by atoms with Gasteiger partial charge in [0.15, 0.2) is 0 Å². The second-order valence-electron chi connectivity index (χ2n) is 5.37. The Hall–Kier alpha value is -0.930. The van der Waals surface area contributed by atoms with Crippen molar-refractivity contribution in [1.82, 2.24) is 0 Å². The van der Waals surface area contributed by atoms with Crippen molar-refractivity contribution in [2.24, 2.45) is 5.92 Å². The monoisotopic (exact) mass is 322 g/mol. The molecule has 0 bridgehead atoms. The zero-order chi connectivity index (χ0) is 16.0. The van der Waals surface area contributed by atoms with E-state index in [1.807, 2.05) is 16.7 Å². The summed E-state index contributed by atoms with van der Waals surface area (Å²) in [5, 5.41) is 1.87. The average molecular weight is 323 g/mol. The van der Waals surface area contributed by atoms with E-state index in [9.17, 15) is 0 Å². The third-order valence-corrected chi connectivity index (χ3v) is 5.10. The molecule has 0 amide bonds. The van der Waals surface area contributed by atoms with Gasteiger partial charge >= 0.3 is 0 Å². The zero-order valence-electron chi connectivity index (χ0n) is 13.8. The van der Waals surface area contributed by atoms with E-state index in [2.05, 4.69) is 46.9 Å². The van der Waals surface area contributed by atoms with Crippen LogP contribution in [0.3, 0.4) is 0 Å². The molecule has 0 aliphatic heterocycles. The Morgan fingerprint density at radius 1 is 1.48 bits per heavy atom. The van der Waals surface area contributed by atoms with Gasteiger partial charge in [0.2, 0.25) is 0 Å². The lowest BCUT2D eigenvalue weighted by molar-refractivity contribution is 0.410. The van der Waals surface area contributed by atoms with Gasteiger partial charge in [-0.25, -0.2) is 0 Å². The van der Waals surface area contributed by atoms with E-state index in [4.69, 9.17) is 4.74 Å². The summed E-state index contributed by atoms with van der Waals surface area (Å²) in [6.45, 7) is 16.8. The van der Waals surface area contributed by atoms with E-state index >= 15 is 0 Å². The summed E-state index contributed by atoms with van der Waals surface area (Å²) in [6.07, 6.45) is 2.00. The molecule has 0 unspecified atom stereocenters. The Bertz CT molecular complexity index is 535. The van der Waals surface area contributed by atoms with Crippen molar-refractivity contribution in [3.8, 4) is 5.75 Å². The van der Waals surface area contributed by atoms with Gasteiger partial charge in [-0.2, -0.15) is 0 Å². The van der Waals surface area contributed by atoms with Gasteiger partial charge in [-0.05, 0) is 47.6 Å². The summed E-state index contributed by atoms with van der Waals surface area (Å²) in [5.41, 5.74) is 2.42. The van der Waals surface area contributed by atoms with Crippen molar-refractivity contribution < 1.29 is 4.74 Å². The minimum absolute atomic E-state index is 0.621. The molecule has 1 nitrogen and oxygen atoms in total. The fourth-order valence-corrected chi connectivity index (χ4v) is 4.36. The maximum absolute atomic E-state index is 5.56. The Kier molecular flexibility index (Phi) is 7.33. The molecule has 0 radical (unpaired) electrons. The van der Waals surface area contributed by atoms with Gasteiger partial charge in [0, 0.05) is 15.3 Å². The number of methoxy groups -OCH3 is 1. The standard InChI is InChI=1S/C18H26OS2/c1-8-13(5)18(14(6)20-9-2)17-11-15(19-7)16(21-17)10-12(3)4/h9,11-12H,2,5,8,10H2,1,3-4,6-7H3/b18-14-. The van der Waals surface area contributed by atoms with E-state index in [0.717, 1.165) is 18.6 Å². The predicted octanol–water partition coefficient (Wildman–Crippen LogP) is 6.53. The van der Waals surface area contributed by atoms with Gasteiger partial charge in [-0.15, -0.1) is 23.1 Å². The molecular weight excluding hydrogens is 296 g/mol. The summed E-state index contributed by atoms with van der Waals surface area (Å²) in [6, 6.07) is 2.16. The quantitative estimate of drug-likeness (QED) is 0.503. The molecular formula is C18H26OS2. The summed E-state index contributed by atoms with van der Waals surface area (Å²) in [4.78, 5) is 3.82. The van der Waals surface area contributed by atoms with E-state index in [1.165, 1.54) is 25.8 Å². The highest BCUT2D eigenvalue weighted by molar-refractivity contribution is 8.05. The minimum Gasteiger partial charge on any atom is -0.496 e. The third kappa shape index (κ3) is 4.79. The van der Waals surface area contributed by atoms with Crippen LogP contribution in [0.1, 0.15) is 43.9 Å². The third-order valence-electron chi connectivity index (χ3n) is 3.22.